The van der Waals surface area contributed by atoms with Crippen molar-refractivity contribution in [1.82, 2.24) is 9.80 Å². The van der Waals surface area contributed by atoms with Crippen LogP contribution in [0.1, 0.15) is 23.8 Å². The monoisotopic (exact) mass is 279 g/mol. The van der Waals surface area contributed by atoms with Crippen molar-refractivity contribution in [2.24, 2.45) is 5.73 Å². The molecule has 2 N–H and O–H groups in total. The fraction of sp³-hybridized carbons (Fsp3) is 0.538. The third-order valence-corrected chi connectivity index (χ3v) is 4.88. The van der Waals surface area contributed by atoms with Gasteiger partial charge in [0.2, 0.25) is 11.8 Å². The Labute approximate surface area is 116 Å². The van der Waals surface area contributed by atoms with Gasteiger partial charge >= 0.3 is 0 Å². The lowest BCUT2D eigenvalue weighted by atomic mass is 10.1. The van der Waals surface area contributed by atoms with Crippen LogP contribution in [0.2, 0.25) is 0 Å². The molecular formula is C13H17N3O2S. The molecule has 3 heterocycles. The van der Waals surface area contributed by atoms with Gasteiger partial charge in [-0.2, -0.15) is 0 Å². The van der Waals surface area contributed by atoms with E-state index in [9.17, 15) is 9.59 Å². The lowest BCUT2D eigenvalue weighted by molar-refractivity contribution is -0.140. The summed E-state index contributed by atoms with van der Waals surface area (Å²) in [6, 6.07) is 3.42. The van der Waals surface area contributed by atoms with Gasteiger partial charge in [-0.05, 0) is 17.9 Å². The van der Waals surface area contributed by atoms with Gasteiger partial charge in [0.1, 0.15) is 6.04 Å². The highest BCUT2D eigenvalue weighted by Gasteiger charge is 2.38. The van der Waals surface area contributed by atoms with Crippen molar-refractivity contribution in [3.05, 3.63) is 22.4 Å². The molecule has 0 spiro atoms. The van der Waals surface area contributed by atoms with E-state index in [0.29, 0.717) is 26.1 Å². The third-order valence-electron chi connectivity index (χ3n) is 3.92. The number of fused-ring (bicyclic) bond motifs is 1. The number of rotatable bonds is 2. The maximum atomic E-state index is 12.4. The third kappa shape index (κ3) is 2.26. The molecule has 102 valence electrons. The first-order valence-electron chi connectivity index (χ1n) is 6.54. The molecule has 6 heteroatoms. The molecule has 2 atom stereocenters. The summed E-state index contributed by atoms with van der Waals surface area (Å²) in [4.78, 5) is 28.6. The van der Waals surface area contributed by atoms with Gasteiger partial charge < -0.3 is 15.5 Å². The molecule has 1 aromatic rings. The van der Waals surface area contributed by atoms with E-state index < -0.39 is 6.04 Å². The SMILES string of the molecule is NC(C(=O)N1CCN2C(=O)CCC2C1)c1cccs1. The first-order chi connectivity index (χ1) is 9.16. The summed E-state index contributed by atoms with van der Waals surface area (Å²) in [6.07, 6.45) is 1.47. The van der Waals surface area contributed by atoms with Crippen LogP contribution in [-0.4, -0.2) is 47.3 Å². The molecule has 19 heavy (non-hydrogen) atoms. The summed E-state index contributed by atoms with van der Waals surface area (Å²) >= 11 is 1.51. The molecule has 0 radical (unpaired) electrons. The summed E-state index contributed by atoms with van der Waals surface area (Å²) in [5.41, 5.74) is 6.02. The topological polar surface area (TPSA) is 66.6 Å². The maximum Gasteiger partial charge on any atom is 0.245 e. The second-order valence-corrected chi connectivity index (χ2v) is 6.04. The summed E-state index contributed by atoms with van der Waals surface area (Å²) in [5.74, 6) is 0.195. The lowest BCUT2D eigenvalue weighted by Gasteiger charge is -2.38. The van der Waals surface area contributed by atoms with E-state index in [1.165, 1.54) is 11.3 Å². The highest BCUT2D eigenvalue weighted by atomic mass is 32.1. The quantitative estimate of drug-likeness (QED) is 0.861. The van der Waals surface area contributed by atoms with E-state index in [1.807, 2.05) is 27.3 Å². The van der Waals surface area contributed by atoms with E-state index in [2.05, 4.69) is 0 Å². The number of amides is 2. The fourth-order valence-electron chi connectivity index (χ4n) is 2.85. The summed E-state index contributed by atoms with van der Waals surface area (Å²) in [6.45, 7) is 1.87. The maximum absolute atomic E-state index is 12.4. The van der Waals surface area contributed by atoms with E-state index in [4.69, 9.17) is 5.73 Å². The zero-order valence-corrected chi connectivity index (χ0v) is 11.4. The highest BCUT2D eigenvalue weighted by Crippen LogP contribution is 2.25. The average molecular weight is 279 g/mol. The van der Waals surface area contributed by atoms with Crippen LogP contribution in [0.15, 0.2) is 17.5 Å². The van der Waals surface area contributed by atoms with Crippen LogP contribution in [0, 0.1) is 0 Å². The van der Waals surface area contributed by atoms with Gasteiger partial charge in [0, 0.05) is 37.0 Å². The number of carbonyl (C=O) groups excluding carboxylic acids is 2. The van der Waals surface area contributed by atoms with Gasteiger partial charge in [0.15, 0.2) is 0 Å². The van der Waals surface area contributed by atoms with Crippen LogP contribution in [0.5, 0.6) is 0 Å². The van der Waals surface area contributed by atoms with E-state index in [-0.39, 0.29) is 17.9 Å². The number of thiophene rings is 1. The molecule has 2 amide bonds. The number of piperazine rings is 1. The first kappa shape index (κ1) is 12.6. The van der Waals surface area contributed by atoms with Gasteiger partial charge in [-0.25, -0.2) is 0 Å². The minimum atomic E-state index is -0.566. The zero-order chi connectivity index (χ0) is 13.4. The van der Waals surface area contributed by atoms with Crippen molar-refractivity contribution in [2.45, 2.75) is 24.9 Å². The van der Waals surface area contributed by atoms with Gasteiger partial charge in [-0.3, -0.25) is 9.59 Å². The normalized spacial score (nSPS) is 24.5. The minimum Gasteiger partial charge on any atom is -0.337 e. The highest BCUT2D eigenvalue weighted by molar-refractivity contribution is 7.10. The van der Waals surface area contributed by atoms with Gasteiger partial charge in [0.25, 0.3) is 0 Å². The number of hydrogen-bond donors (Lipinski definition) is 1. The largest absolute Gasteiger partial charge is 0.337 e. The molecule has 0 aliphatic carbocycles. The molecule has 0 aromatic carbocycles. The Hall–Kier alpha value is -1.40. The smallest absolute Gasteiger partial charge is 0.245 e. The Bertz CT molecular complexity index is 488. The predicted octanol–water partition coefficient (Wildman–Crippen LogP) is 0.581. The molecule has 2 aliphatic rings. The van der Waals surface area contributed by atoms with Crippen molar-refractivity contribution < 1.29 is 9.59 Å². The molecule has 3 rings (SSSR count). The van der Waals surface area contributed by atoms with Crippen molar-refractivity contribution >= 4 is 23.2 Å². The second-order valence-electron chi connectivity index (χ2n) is 5.06. The minimum absolute atomic E-state index is 0.0264. The summed E-state index contributed by atoms with van der Waals surface area (Å²) in [7, 11) is 0. The van der Waals surface area contributed by atoms with Crippen molar-refractivity contribution in [3.8, 4) is 0 Å². The Kier molecular flexibility index (Phi) is 3.28. The molecular weight excluding hydrogens is 262 g/mol. The zero-order valence-electron chi connectivity index (χ0n) is 10.6. The van der Waals surface area contributed by atoms with Crippen molar-refractivity contribution in [2.75, 3.05) is 19.6 Å². The van der Waals surface area contributed by atoms with E-state index in [1.54, 1.807) is 0 Å². The average Bonchev–Trinajstić information content (AvgIpc) is 3.07. The number of hydrogen-bond acceptors (Lipinski definition) is 4. The standard InChI is InChI=1S/C13H17N3O2S/c14-12(10-2-1-7-19-10)13(18)15-5-6-16-9(8-15)3-4-11(16)17/h1-2,7,9,12H,3-6,8,14H2. The van der Waals surface area contributed by atoms with Crippen LogP contribution in [0.4, 0.5) is 0 Å². The van der Waals surface area contributed by atoms with Crippen LogP contribution in [-0.2, 0) is 9.59 Å². The Morgan fingerprint density at radius 1 is 1.47 bits per heavy atom. The van der Waals surface area contributed by atoms with Crippen LogP contribution >= 0.6 is 11.3 Å². The first-order valence-corrected chi connectivity index (χ1v) is 7.42. The number of nitrogens with two attached hydrogens (primary N) is 1. The number of nitrogens with zero attached hydrogens (tertiary/aromatic N) is 2. The molecule has 2 fully saturated rings. The van der Waals surface area contributed by atoms with Crippen LogP contribution < -0.4 is 5.73 Å². The van der Waals surface area contributed by atoms with E-state index >= 15 is 0 Å². The summed E-state index contributed by atoms with van der Waals surface area (Å²) in [5, 5.41) is 1.93. The van der Waals surface area contributed by atoms with Gasteiger partial charge in [-0.15, -0.1) is 11.3 Å². The Morgan fingerprint density at radius 2 is 2.32 bits per heavy atom. The summed E-state index contributed by atoms with van der Waals surface area (Å²) < 4.78 is 0. The fourth-order valence-corrected chi connectivity index (χ4v) is 3.57. The van der Waals surface area contributed by atoms with Crippen molar-refractivity contribution in [3.63, 3.8) is 0 Å². The van der Waals surface area contributed by atoms with Crippen LogP contribution in [0.3, 0.4) is 0 Å². The number of carbonyl (C=O) groups is 2. The lowest BCUT2D eigenvalue weighted by Crippen LogP contribution is -2.54. The van der Waals surface area contributed by atoms with Crippen LogP contribution in [0.25, 0.3) is 0 Å². The Morgan fingerprint density at radius 3 is 3.05 bits per heavy atom. The molecule has 0 bridgehead atoms. The second kappa shape index (κ2) is 4.94. The molecule has 0 saturated carbocycles. The van der Waals surface area contributed by atoms with Gasteiger partial charge in [0.05, 0.1) is 0 Å². The molecule has 2 saturated heterocycles. The molecule has 5 nitrogen and oxygen atoms in total. The van der Waals surface area contributed by atoms with Gasteiger partial charge in [-0.1, -0.05) is 6.07 Å². The van der Waals surface area contributed by atoms with Crippen molar-refractivity contribution in [1.29, 1.82) is 0 Å². The predicted molar refractivity (Wildman–Crippen MR) is 72.6 cm³/mol. The molecule has 2 aliphatic heterocycles. The molecule has 1 aromatic heterocycles. The Balaban J connectivity index is 1.67. The molecule has 2 unspecified atom stereocenters. The van der Waals surface area contributed by atoms with E-state index in [0.717, 1.165) is 11.3 Å².